The molecule has 188 valence electrons. The number of carbonyl (C=O) groups excluding carboxylic acids is 1. The lowest BCUT2D eigenvalue weighted by molar-refractivity contribution is 0.100. The molecule has 8 nitrogen and oxygen atoms in total. The number of nitrogens with one attached hydrogen (secondary N) is 1. The molecular formula is C28H34N6O2. The summed E-state index contributed by atoms with van der Waals surface area (Å²) in [7, 11) is 1.87. The van der Waals surface area contributed by atoms with Gasteiger partial charge >= 0.3 is 0 Å². The molecule has 2 aliphatic rings. The van der Waals surface area contributed by atoms with Gasteiger partial charge in [0.1, 0.15) is 0 Å². The number of aromatic nitrogens is 3. The first-order chi connectivity index (χ1) is 17.2. The Morgan fingerprint density at radius 1 is 1.17 bits per heavy atom. The first-order valence-corrected chi connectivity index (χ1v) is 12.7. The fraction of sp³-hybridized carbons (Fsp3) is 0.429. The van der Waals surface area contributed by atoms with Gasteiger partial charge in [0.2, 0.25) is 11.8 Å². The van der Waals surface area contributed by atoms with E-state index in [4.69, 9.17) is 9.72 Å². The van der Waals surface area contributed by atoms with Crippen molar-refractivity contribution in [3.8, 4) is 17.1 Å². The van der Waals surface area contributed by atoms with Crippen LogP contribution in [0.1, 0.15) is 66.8 Å². The SMILES string of the molecule is Cc1cc2cc(n1)-c1c(C)nn(C)c1OCCC[C@@H](C)CN1/C(=N/C2=O)Nc2ccc(C(C)C)cc21. The molecule has 0 unspecified atom stereocenters. The van der Waals surface area contributed by atoms with Crippen LogP contribution >= 0.6 is 0 Å². The van der Waals surface area contributed by atoms with Gasteiger partial charge in [0.05, 0.1) is 34.9 Å². The number of hydrogen-bond acceptors (Lipinski definition) is 6. The lowest BCUT2D eigenvalue weighted by Gasteiger charge is -2.23. The minimum Gasteiger partial charge on any atom is -0.477 e. The molecule has 0 spiro atoms. The number of ether oxygens (including phenoxy) is 1. The standard InChI is InChI=1S/C28H34N6O2/c1-16(2)20-9-10-22-24(14-20)34-15-17(3)8-7-11-36-27-25(19(5)32-33(27)6)23-13-21(12-18(4)29-23)26(35)31-28(34)30-22/h9-10,12-14,16-17H,7-8,11,15H2,1-6H3,(H,30,31,35)/t17-/m1/s1. The third-order valence-electron chi connectivity index (χ3n) is 6.89. The predicted molar refractivity (Wildman–Crippen MR) is 143 cm³/mol. The van der Waals surface area contributed by atoms with Gasteiger partial charge in [-0.15, -0.1) is 0 Å². The predicted octanol–water partition coefficient (Wildman–Crippen LogP) is 5.46. The van der Waals surface area contributed by atoms with Crippen LogP contribution in [-0.4, -0.2) is 39.8 Å². The molecule has 1 N–H and O–H groups in total. The number of amides is 1. The molecule has 2 aliphatic heterocycles. The number of carbonyl (C=O) groups is 1. The topological polar surface area (TPSA) is 84.6 Å². The van der Waals surface area contributed by atoms with Gasteiger partial charge in [-0.25, -0.2) is 4.68 Å². The summed E-state index contributed by atoms with van der Waals surface area (Å²) < 4.78 is 7.98. The van der Waals surface area contributed by atoms with Crippen molar-refractivity contribution in [1.29, 1.82) is 0 Å². The summed E-state index contributed by atoms with van der Waals surface area (Å²) in [5.41, 5.74) is 6.84. The molecule has 2 aromatic heterocycles. The Morgan fingerprint density at radius 2 is 1.97 bits per heavy atom. The van der Waals surface area contributed by atoms with E-state index in [0.717, 1.165) is 47.7 Å². The smallest absolute Gasteiger partial charge is 0.280 e. The van der Waals surface area contributed by atoms with Crippen molar-refractivity contribution in [2.75, 3.05) is 23.4 Å². The Bertz CT molecular complexity index is 1360. The van der Waals surface area contributed by atoms with Gasteiger partial charge in [0, 0.05) is 24.8 Å². The molecule has 36 heavy (non-hydrogen) atoms. The van der Waals surface area contributed by atoms with Crippen LogP contribution in [0.15, 0.2) is 35.3 Å². The number of hydrogen-bond donors (Lipinski definition) is 1. The molecule has 8 heteroatoms. The van der Waals surface area contributed by atoms with Crippen molar-refractivity contribution in [3.05, 3.63) is 52.8 Å². The second-order valence-corrected chi connectivity index (χ2v) is 10.3. The Kier molecular flexibility index (Phi) is 6.28. The second kappa shape index (κ2) is 9.41. The quantitative estimate of drug-likeness (QED) is 0.492. The maximum Gasteiger partial charge on any atom is 0.280 e. The van der Waals surface area contributed by atoms with Gasteiger partial charge in [-0.2, -0.15) is 10.1 Å². The van der Waals surface area contributed by atoms with Crippen LogP contribution in [0.2, 0.25) is 0 Å². The van der Waals surface area contributed by atoms with Crippen molar-refractivity contribution in [3.63, 3.8) is 0 Å². The molecule has 1 amide bonds. The zero-order valence-corrected chi connectivity index (χ0v) is 21.9. The van der Waals surface area contributed by atoms with Gasteiger partial charge in [0.25, 0.3) is 5.91 Å². The van der Waals surface area contributed by atoms with Crippen molar-refractivity contribution in [2.45, 2.75) is 53.4 Å². The lowest BCUT2D eigenvalue weighted by atomic mass is 10.0. The average Bonchev–Trinajstić information content (AvgIpc) is 3.30. The molecule has 0 fully saturated rings. The van der Waals surface area contributed by atoms with E-state index >= 15 is 0 Å². The highest BCUT2D eigenvalue weighted by Gasteiger charge is 2.29. The maximum absolute atomic E-state index is 13.5. The highest BCUT2D eigenvalue weighted by Crippen LogP contribution is 2.37. The Morgan fingerprint density at radius 3 is 2.75 bits per heavy atom. The van der Waals surface area contributed by atoms with Crippen LogP contribution in [0.5, 0.6) is 5.88 Å². The molecule has 0 aliphatic carbocycles. The number of aryl methyl sites for hydroxylation is 3. The Balaban J connectivity index is 1.61. The summed E-state index contributed by atoms with van der Waals surface area (Å²) in [6.07, 6.45) is 1.89. The minimum absolute atomic E-state index is 0.308. The molecule has 2 bridgehead atoms. The number of aliphatic imine (C=N–C) groups is 1. The van der Waals surface area contributed by atoms with E-state index in [-0.39, 0.29) is 5.91 Å². The first kappa shape index (κ1) is 24.0. The van der Waals surface area contributed by atoms with Crippen molar-refractivity contribution >= 4 is 23.2 Å². The van der Waals surface area contributed by atoms with E-state index in [0.29, 0.717) is 41.5 Å². The summed E-state index contributed by atoms with van der Waals surface area (Å²) in [6, 6.07) is 10.0. The molecule has 0 saturated carbocycles. The fourth-order valence-electron chi connectivity index (χ4n) is 4.99. The fourth-order valence-corrected chi connectivity index (χ4v) is 4.99. The normalized spacial score (nSPS) is 19.3. The van der Waals surface area contributed by atoms with Crippen LogP contribution in [0.25, 0.3) is 11.3 Å². The van der Waals surface area contributed by atoms with E-state index in [1.54, 1.807) is 16.8 Å². The zero-order chi connectivity index (χ0) is 25.6. The largest absolute Gasteiger partial charge is 0.477 e. The van der Waals surface area contributed by atoms with E-state index in [1.165, 1.54) is 5.56 Å². The first-order valence-electron chi connectivity index (χ1n) is 12.7. The highest BCUT2D eigenvalue weighted by molar-refractivity contribution is 6.19. The summed E-state index contributed by atoms with van der Waals surface area (Å²) in [6.45, 7) is 11.8. The van der Waals surface area contributed by atoms with Gasteiger partial charge in [-0.3, -0.25) is 9.78 Å². The van der Waals surface area contributed by atoms with E-state index in [2.05, 4.69) is 59.3 Å². The lowest BCUT2D eigenvalue weighted by Crippen LogP contribution is -2.35. The van der Waals surface area contributed by atoms with Crippen LogP contribution in [-0.2, 0) is 7.05 Å². The van der Waals surface area contributed by atoms with Crippen molar-refractivity contribution in [2.24, 2.45) is 18.0 Å². The van der Waals surface area contributed by atoms with Gasteiger partial charge < -0.3 is 15.0 Å². The van der Waals surface area contributed by atoms with E-state index in [9.17, 15) is 4.79 Å². The second-order valence-electron chi connectivity index (χ2n) is 10.3. The van der Waals surface area contributed by atoms with Gasteiger partial charge in [-0.1, -0.05) is 26.8 Å². The Labute approximate surface area is 212 Å². The summed E-state index contributed by atoms with van der Waals surface area (Å²) in [5, 5.41) is 7.96. The van der Waals surface area contributed by atoms with Crippen molar-refractivity contribution < 1.29 is 9.53 Å². The number of fused-ring (bicyclic) bond motifs is 7. The molecule has 0 saturated heterocycles. The monoisotopic (exact) mass is 486 g/mol. The van der Waals surface area contributed by atoms with Crippen molar-refractivity contribution in [1.82, 2.24) is 14.8 Å². The number of guanidine groups is 1. The maximum atomic E-state index is 13.5. The molecule has 5 rings (SSSR count). The van der Waals surface area contributed by atoms with Crippen LogP contribution in [0.4, 0.5) is 11.4 Å². The molecule has 0 radical (unpaired) electrons. The van der Waals surface area contributed by atoms with Gasteiger partial charge in [-0.05, 0) is 68.4 Å². The number of anilines is 2. The van der Waals surface area contributed by atoms with Crippen LogP contribution in [0.3, 0.4) is 0 Å². The molecule has 1 atom stereocenters. The number of rotatable bonds is 1. The van der Waals surface area contributed by atoms with Crippen LogP contribution in [0, 0.1) is 19.8 Å². The number of pyridine rings is 1. The molecular weight excluding hydrogens is 452 g/mol. The molecule has 3 aromatic rings. The van der Waals surface area contributed by atoms with E-state index in [1.807, 2.05) is 20.9 Å². The average molecular weight is 487 g/mol. The number of benzene rings is 1. The summed E-state index contributed by atoms with van der Waals surface area (Å²) in [4.78, 5) is 24.9. The number of nitrogens with zero attached hydrogens (tertiary/aromatic N) is 5. The van der Waals surface area contributed by atoms with Gasteiger partial charge in [0.15, 0.2) is 0 Å². The summed E-state index contributed by atoms with van der Waals surface area (Å²) in [5.74, 6) is 1.72. The highest BCUT2D eigenvalue weighted by atomic mass is 16.5. The van der Waals surface area contributed by atoms with Crippen LogP contribution < -0.4 is 15.0 Å². The molecule has 1 aromatic carbocycles. The zero-order valence-electron chi connectivity index (χ0n) is 21.9. The third kappa shape index (κ3) is 4.47. The Hall–Kier alpha value is -3.68. The third-order valence-corrected chi connectivity index (χ3v) is 6.89. The minimum atomic E-state index is -0.308. The molecule has 4 heterocycles. The summed E-state index contributed by atoms with van der Waals surface area (Å²) >= 11 is 0. The van der Waals surface area contributed by atoms with E-state index < -0.39 is 0 Å².